The molecule has 1 saturated carbocycles. The maximum Gasteiger partial charge on any atom is 0.145 e. The minimum Gasteiger partial charge on any atom is -0.367 e. The molecule has 3 heteroatoms. The number of rotatable bonds is 6. The normalized spacial score (nSPS) is 37.3. The molecule has 0 bridgehead atoms. The molecule has 0 amide bonds. The average Bonchev–Trinajstić information content (AvgIpc) is 3.21. The van der Waals surface area contributed by atoms with E-state index < -0.39 is 0 Å². The first-order valence-electron chi connectivity index (χ1n) is 21.5. The van der Waals surface area contributed by atoms with Crippen LogP contribution in [-0.2, 0) is 4.74 Å². The molecule has 0 spiro atoms. The SMILES string of the molecule is CC1=C(C2=CCCCC2)NC(c2ccccc2)N=C1c1cccc(C2CC=CC(C3(C4CCCCC4)C4CC=CCC4OC4(C)C=CCC(C)C43)C2)c1. The molecule has 2 fully saturated rings. The van der Waals surface area contributed by atoms with Crippen LogP contribution in [0.3, 0.4) is 0 Å². The van der Waals surface area contributed by atoms with Crippen molar-refractivity contribution in [2.45, 2.75) is 134 Å². The molecule has 2 aliphatic heterocycles. The highest BCUT2D eigenvalue weighted by atomic mass is 16.5. The van der Waals surface area contributed by atoms with Crippen molar-refractivity contribution in [2.24, 2.45) is 40.0 Å². The number of hydrogen-bond donors (Lipinski definition) is 1. The lowest BCUT2D eigenvalue weighted by Crippen LogP contribution is -2.67. The van der Waals surface area contributed by atoms with Crippen LogP contribution in [0.25, 0.3) is 0 Å². The minimum absolute atomic E-state index is 0.0828. The summed E-state index contributed by atoms with van der Waals surface area (Å²) in [6, 6.07) is 20.4. The zero-order chi connectivity index (χ0) is 36.0. The van der Waals surface area contributed by atoms with Crippen LogP contribution in [0.1, 0.15) is 139 Å². The van der Waals surface area contributed by atoms with Crippen LogP contribution in [-0.4, -0.2) is 17.4 Å². The van der Waals surface area contributed by atoms with E-state index in [4.69, 9.17) is 9.73 Å². The molecule has 9 atom stereocenters. The zero-order valence-corrected chi connectivity index (χ0v) is 32.6. The highest BCUT2D eigenvalue weighted by Crippen LogP contribution is 2.68. The molecule has 1 N–H and O–H groups in total. The van der Waals surface area contributed by atoms with E-state index in [-0.39, 0.29) is 17.2 Å². The van der Waals surface area contributed by atoms with Gasteiger partial charge in [-0.05, 0) is 148 Å². The van der Waals surface area contributed by atoms with Gasteiger partial charge in [0.25, 0.3) is 0 Å². The Bertz CT molecular complexity index is 1840. The fourth-order valence-corrected chi connectivity index (χ4v) is 13.0. The lowest BCUT2D eigenvalue weighted by atomic mass is 9.41. The molecule has 5 aliphatic carbocycles. The summed E-state index contributed by atoms with van der Waals surface area (Å²) in [4.78, 5) is 5.48. The summed E-state index contributed by atoms with van der Waals surface area (Å²) in [7, 11) is 0. The third-order valence-corrected chi connectivity index (χ3v) is 15.0. The summed E-state index contributed by atoms with van der Waals surface area (Å²) in [5.41, 5.74) is 9.25. The molecule has 9 unspecified atom stereocenters. The fraction of sp³-hybridized carbons (Fsp3) is 0.540. The standard InChI is InChI=1S/C50H62N2O/c1-34-18-17-31-49(3)47(34)50(41-26-11-6-12-27-41,43-29-13-14-30-44(43)53-49)42-28-16-24-39(33-42)38-23-15-25-40(32-38)46-35(2)45(36-19-7-4-8-20-36)51-48(52-46)37-21-9-5-10-22-37/h5,9-10,13-17,19,21-23,25,28,31-32,34,39,41-44,47-48,51H,4,6-8,11-12,18,20,24,26-27,29-30,33H2,1-3H3. The Labute approximate surface area is 319 Å². The van der Waals surface area contributed by atoms with E-state index in [9.17, 15) is 0 Å². The number of hydrogen-bond acceptors (Lipinski definition) is 3. The number of nitrogens with one attached hydrogen (secondary N) is 1. The lowest BCUT2D eigenvalue weighted by Gasteiger charge is -2.68. The predicted molar refractivity (Wildman–Crippen MR) is 220 cm³/mol. The van der Waals surface area contributed by atoms with Crippen molar-refractivity contribution in [1.82, 2.24) is 5.32 Å². The van der Waals surface area contributed by atoms with Crippen molar-refractivity contribution < 1.29 is 4.74 Å². The third-order valence-electron chi connectivity index (χ3n) is 15.0. The van der Waals surface area contributed by atoms with E-state index in [0.717, 1.165) is 30.9 Å². The molecule has 0 aromatic heterocycles. The Morgan fingerprint density at radius 1 is 0.830 bits per heavy atom. The van der Waals surface area contributed by atoms with Gasteiger partial charge in [0, 0.05) is 17.2 Å². The van der Waals surface area contributed by atoms with Crippen LogP contribution in [0.2, 0.25) is 0 Å². The van der Waals surface area contributed by atoms with Crippen LogP contribution in [0.15, 0.2) is 119 Å². The molecule has 1 saturated heterocycles. The fourth-order valence-electron chi connectivity index (χ4n) is 13.0. The van der Waals surface area contributed by atoms with Crippen LogP contribution in [0.4, 0.5) is 0 Å². The van der Waals surface area contributed by atoms with E-state index in [1.165, 1.54) is 104 Å². The molecule has 278 valence electrons. The Hall–Kier alpha value is -3.43. The van der Waals surface area contributed by atoms with Gasteiger partial charge in [0.2, 0.25) is 0 Å². The van der Waals surface area contributed by atoms with Crippen molar-refractivity contribution >= 4 is 5.71 Å². The van der Waals surface area contributed by atoms with Crippen molar-refractivity contribution in [3.8, 4) is 0 Å². The van der Waals surface area contributed by atoms with Gasteiger partial charge in [-0.15, -0.1) is 0 Å². The first-order valence-corrected chi connectivity index (χ1v) is 21.5. The highest BCUT2D eigenvalue weighted by molar-refractivity contribution is 6.13. The summed E-state index contributed by atoms with van der Waals surface area (Å²) in [5, 5.41) is 3.89. The number of ether oxygens (including phenoxy) is 1. The number of allylic oxidation sites excluding steroid dienone is 7. The second-order valence-electron chi connectivity index (χ2n) is 18.1. The second kappa shape index (κ2) is 14.7. The van der Waals surface area contributed by atoms with Crippen LogP contribution in [0, 0.1) is 35.0 Å². The van der Waals surface area contributed by atoms with Crippen molar-refractivity contribution in [3.63, 3.8) is 0 Å². The molecule has 0 radical (unpaired) electrons. The summed E-state index contributed by atoms with van der Waals surface area (Å²) < 4.78 is 7.30. The molecule has 2 heterocycles. The Morgan fingerprint density at radius 3 is 2.49 bits per heavy atom. The average molecular weight is 707 g/mol. The van der Waals surface area contributed by atoms with Gasteiger partial charge in [0.1, 0.15) is 6.17 Å². The van der Waals surface area contributed by atoms with Gasteiger partial charge in [0.05, 0.1) is 17.4 Å². The summed E-state index contributed by atoms with van der Waals surface area (Å²) >= 11 is 0. The van der Waals surface area contributed by atoms with E-state index in [1.807, 2.05) is 0 Å². The first kappa shape index (κ1) is 35.3. The summed E-state index contributed by atoms with van der Waals surface area (Å²) in [6.45, 7) is 7.34. The van der Waals surface area contributed by atoms with Gasteiger partial charge >= 0.3 is 0 Å². The number of fused-ring (bicyclic) bond motifs is 2. The van der Waals surface area contributed by atoms with Crippen LogP contribution < -0.4 is 5.32 Å². The molecule has 9 rings (SSSR count). The smallest absolute Gasteiger partial charge is 0.145 e. The van der Waals surface area contributed by atoms with E-state index in [1.54, 1.807) is 0 Å². The Kier molecular flexibility index (Phi) is 9.76. The summed E-state index contributed by atoms with van der Waals surface area (Å²) in [6.07, 6.45) is 35.6. The molecule has 7 aliphatic rings. The maximum absolute atomic E-state index is 7.30. The molecular formula is C50H62N2O. The molecule has 2 aromatic rings. The third kappa shape index (κ3) is 6.27. The van der Waals surface area contributed by atoms with E-state index >= 15 is 0 Å². The Morgan fingerprint density at radius 2 is 1.66 bits per heavy atom. The van der Waals surface area contributed by atoms with Crippen LogP contribution in [0.5, 0.6) is 0 Å². The molecular weight excluding hydrogens is 645 g/mol. The monoisotopic (exact) mass is 706 g/mol. The van der Waals surface area contributed by atoms with Gasteiger partial charge in [-0.25, -0.2) is 0 Å². The predicted octanol–water partition coefficient (Wildman–Crippen LogP) is 12.5. The number of benzene rings is 2. The van der Waals surface area contributed by atoms with Gasteiger partial charge in [-0.1, -0.05) is 117 Å². The van der Waals surface area contributed by atoms with Crippen molar-refractivity contribution in [2.75, 3.05) is 0 Å². The van der Waals surface area contributed by atoms with E-state index in [0.29, 0.717) is 35.7 Å². The van der Waals surface area contributed by atoms with Gasteiger partial charge in [-0.3, -0.25) is 4.99 Å². The quantitative estimate of drug-likeness (QED) is 0.303. The number of aliphatic imine (C=N–C) groups is 1. The molecule has 3 nitrogen and oxygen atoms in total. The Balaban J connectivity index is 1.10. The van der Waals surface area contributed by atoms with Crippen molar-refractivity contribution in [3.05, 3.63) is 131 Å². The first-order chi connectivity index (χ1) is 26.0. The highest BCUT2D eigenvalue weighted by Gasteiger charge is 2.66. The van der Waals surface area contributed by atoms with Crippen molar-refractivity contribution in [1.29, 1.82) is 0 Å². The maximum atomic E-state index is 7.30. The second-order valence-corrected chi connectivity index (χ2v) is 18.1. The minimum atomic E-state index is -0.194. The topological polar surface area (TPSA) is 33.6 Å². The lowest BCUT2D eigenvalue weighted by molar-refractivity contribution is -0.266. The zero-order valence-electron chi connectivity index (χ0n) is 32.6. The van der Waals surface area contributed by atoms with Gasteiger partial charge in [-0.2, -0.15) is 0 Å². The number of nitrogens with zero attached hydrogens (tertiary/aromatic N) is 1. The molecule has 53 heavy (non-hydrogen) atoms. The van der Waals surface area contributed by atoms with E-state index in [2.05, 4.69) is 123 Å². The largest absolute Gasteiger partial charge is 0.367 e. The van der Waals surface area contributed by atoms with Gasteiger partial charge in [0.15, 0.2) is 0 Å². The molecule has 2 aromatic carbocycles. The van der Waals surface area contributed by atoms with Gasteiger partial charge < -0.3 is 10.1 Å². The summed E-state index contributed by atoms with van der Waals surface area (Å²) in [5.74, 6) is 3.56. The van der Waals surface area contributed by atoms with Crippen LogP contribution >= 0.6 is 0 Å².